The van der Waals surface area contributed by atoms with Gasteiger partial charge >= 0.3 is 0 Å². The van der Waals surface area contributed by atoms with E-state index < -0.39 is 0 Å². The summed E-state index contributed by atoms with van der Waals surface area (Å²) in [5.41, 5.74) is -0.241. The molecule has 0 aliphatic heterocycles. The third-order valence-electron chi connectivity index (χ3n) is 3.12. The monoisotopic (exact) mass is 177 g/mol. The summed E-state index contributed by atoms with van der Waals surface area (Å²) in [6.45, 7) is 10.4. The number of nitrogens with one attached hydrogen (secondary N) is 1. The van der Waals surface area contributed by atoms with Crippen LogP contribution >= 0.6 is 0 Å². The van der Waals surface area contributed by atoms with E-state index in [1.165, 1.54) is 0 Å². The fourth-order valence-corrected chi connectivity index (χ4v) is 1.46. The zero-order chi connectivity index (χ0) is 9.94. The lowest BCUT2D eigenvalue weighted by molar-refractivity contribution is -0.134. The predicted octanol–water partition coefficient (Wildman–Crippen LogP) is 2.05. The highest BCUT2D eigenvalue weighted by molar-refractivity contribution is 5.82. The van der Waals surface area contributed by atoms with Gasteiger partial charge in [0, 0.05) is 7.05 Å². The van der Waals surface area contributed by atoms with Gasteiger partial charge in [0.1, 0.15) is 0 Å². The van der Waals surface area contributed by atoms with Gasteiger partial charge in [0.25, 0.3) is 0 Å². The van der Waals surface area contributed by atoms with Gasteiger partial charge in [-0.25, -0.2) is 0 Å². The van der Waals surface area contributed by atoms with Gasteiger partial charge in [-0.05, 0) is 11.8 Å². The second-order valence-electron chi connectivity index (χ2n) is 4.17. The molecule has 72 valence electrons. The smallest absolute Gasteiger partial charge is 0.226 e. The molecule has 0 atom stereocenters. The molecule has 0 aromatic heterocycles. The summed E-state index contributed by atoms with van der Waals surface area (Å²) in [7, 11) is 1.70. The second kappa shape index (κ2) is 3.92. The Hall–Kier alpha value is -0.530. The maximum absolute atomic E-state index is 11.6. The van der Waals surface area contributed by atoms with Gasteiger partial charge in [-0.2, -0.15) is 0 Å². The SMILES string of the molecule is CNC(=O)C(C)([13CH]([13CH3])[13CH3])[13CH]([13CH3])[13CH3]. The molecule has 0 saturated heterocycles. The summed E-state index contributed by atoms with van der Waals surface area (Å²) in [4.78, 5) is 11.6. The largest absolute Gasteiger partial charge is 0.359 e. The predicted molar refractivity (Wildman–Crippen MR) is 51.8 cm³/mol. The van der Waals surface area contributed by atoms with Gasteiger partial charge in [-0.3, -0.25) is 4.79 Å². The molecule has 1 amide bonds. The number of carbonyl (C=O) groups is 1. The molecule has 0 aromatic rings. The molecule has 0 aliphatic rings. The molecular weight excluding hydrogens is 156 g/mol. The number of amides is 1. The molecule has 2 heteroatoms. The van der Waals surface area contributed by atoms with Crippen molar-refractivity contribution in [2.45, 2.75) is 34.6 Å². The summed E-state index contributed by atoms with van der Waals surface area (Å²) in [5.74, 6) is 0.891. The van der Waals surface area contributed by atoms with Crippen molar-refractivity contribution in [2.75, 3.05) is 7.05 Å². The lowest BCUT2D eigenvalue weighted by Crippen LogP contribution is -2.44. The Morgan fingerprint density at radius 3 is 1.58 bits per heavy atom. The van der Waals surface area contributed by atoms with E-state index in [4.69, 9.17) is 0 Å². The van der Waals surface area contributed by atoms with E-state index in [1.54, 1.807) is 7.05 Å². The number of hydrogen-bond donors (Lipinski definition) is 1. The van der Waals surface area contributed by atoms with Crippen molar-refractivity contribution < 1.29 is 4.79 Å². The van der Waals surface area contributed by atoms with Crippen molar-refractivity contribution in [2.24, 2.45) is 17.3 Å². The van der Waals surface area contributed by atoms with Crippen molar-refractivity contribution in [3.05, 3.63) is 0 Å². The van der Waals surface area contributed by atoms with Crippen molar-refractivity contribution in [1.29, 1.82) is 0 Å². The molecule has 0 unspecified atom stereocenters. The van der Waals surface area contributed by atoms with E-state index in [9.17, 15) is 4.79 Å². The molecule has 1 N–H and O–H groups in total. The van der Waals surface area contributed by atoms with Gasteiger partial charge in [0.05, 0.1) is 5.41 Å². The van der Waals surface area contributed by atoms with E-state index in [-0.39, 0.29) is 11.3 Å². The van der Waals surface area contributed by atoms with Crippen molar-refractivity contribution in [3.8, 4) is 0 Å². The van der Waals surface area contributed by atoms with Crippen LogP contribution in [0.15, 0.2) is 0 Å². The van der Waals surface area contributed by atoms with Crippen LogP contribution in [0.2, 0.25) is 0 Å². The Kier molecular flexibility index (Phi) is 3.75. The average molecular weight is 177 g/mol. The molecule has 0 aliphatic carbocycles. The first-order valence-corrected chi connectivity index (χ1v) is 4.59. The molecule has 0 bridgehead atoms. The van der Waals surface area contributed by atoms with Crippen molar-refractivity contribution in [1.82, 2.24) is 5.32 Å². The minimum atomic E-state index is -0.241. The number of rotatable bonds is 3. The molecule has 0 heterocycles. The quantitative estimate of drug-likeness (QED) is 0.657. The summed E-state index contributed by atoms with van der Waals surface area (Å²) in [5, 5.41) is 2.73. The van der Waals surface area contributed by atoms with Gasteiger partial charge in [-0.1, -0.05) is 34.6 Å². The standard InChI is InChI=1S/C10H21NO/c1-7(2)10(5,8(3)4)9(12)11-6/h7-8H,1-6H3,(H,11,12)/i1+1,2+1,3+1,4+1,7+1,8+1. The molecule has 0 rings (SSSR count). The van der Waals surface area contributed by atoms with Crippen LogP contribution in [-0.4, -0.2) is 13.0 Å². The minimum Gasteiger partial charge on any atom is -0.359 e. The fraction of sp³-hybridized carbons (Fsp3) is 0.900. The lowest BCUT2D eigenvalue weighted by Gasteiger charge is -2.35. The van der Waals surface area contributed by atoms with Crippen LogP contribution in [0.3, 0.4) is 0 Å². The van der Waals surface area contributed by atoms with Crippen molar-refractivity contribution in [3.63, 3.8) is 0 Å². The van der Waals surface area contributed by atoms with Crippen LogP contribution in [0.4, 0.5) is 0 Å². The Balaban J connectivity index is 4.74. The van der Waals surface area contributed by atoms with Crippen LogP contribution in [0.25, 0.3) is 0 Å². The highest BCUT2D eigenvalue weighted by Crippen LogP contribution is 2.35. The van der Waals surface area contributed by atoms with E-state index in [2.05, 4.69) is 33.0 Å². The summed E-state index contributed by atoms with van der Waals surface area (Å²) in [6, 6.07) is 0. The van der Waals surface area contributed by atoms with E-state index in [0.29, 0.717) is 11.8 Å². The third kappa shape index (κ3) is 1.79. The topological polar surface area (TPSA) is 29.1 Å². The van der Waals surface area contributed by atoms with Crippen LogP contribution < -0.4 is 5.32 Å². The van der Waals surface area contributed by atoms with E-state index in [0.717, 1.165) is 0 Å². The van der Waals surface area contributed by atoms with E-state index >= 15 is 0 Å². The third-order valence-corrected chi connectivity index (χ3v) is 3.12. The Labute approximate surface area is 75.7 Å². The molecule has 0 saturated carbocycles. The molecular formula is C10H21NO. The van der Waals surface area contributed by atoms with Crippen LogP contribution in [0.5, 0.6) is 0 Å². The highest BCUT2D eigenvalue weighted by Gasteiger charge is 2.38. The fourth-order valence-electron chi connectivity index (χ4n) is 1.46. The maximum Gasteiger partial charge on any atom is 0.226 e. The maximum atomic E-state index is 11.6. The molecule has 2 nitrogen and oxygen atoms in total. The molecule has 0 aromatic carbocycles. The summed E-state index contributed by atoms with van der Waals surface area (Å²) >= 11 is 0. The Morgan fingerprint density at radius 1 is 1.17 bits per heavy atom. The average Bonchev–Trinajstić information content (AvgIpc) is 2.00. The first-order valence-electron chi connectivity index (χ1n) is 4.59. The zero-order valence-electron chi connectivity index (χ0n) is 9.06. The summed E-state index contributed by atoms with van der Waals surface area (Å²) < 4.78 is 0. The van der Waals surface area contributed by atoms with Gasteiger partial charge in [0.2, 0.25) is 5.91 Å². The lowest BCUT2D eigenvalue weighted by atomic mass is 10.0. The Morgan fingerprint density at radius 2 is 1.50 bits per heavy atom. The molecule has 0 spiro atoms. The van der Waals surface area contributed by atoms with Gasteiger partial charge in [-0.15, -0.1) is 0 Å². The van der Waals surface area contributed by atoms with Gasteiger partial charge < -0.3 is 5.32 Å². The highest BCUT2D eigenvalue weighted by atomic mass is 16.2. The van der Waals surface area contributed by atoms with Crippen molar-refractivity contribution >= 4 is 5.91 Å². The minimum absolute atomic E-state index is 0.146. The molecule has 12 heavy (non-hydrogen) atoms. The van der Waals surface area contributed by atoms with E-state index in [1.807, 2.05) is 6.92 Å². The normalized spacial score (nSPS) is 12.3. The first-order chi connectivity index (χ1) is 5.37. The van der Waals surface area contributed by atoms with Crippen LogP contribution in [0.1, 0.15) is 34.6 Å². The number of carbonyl (C=O) groups excluding carboxylic acids is 1. The van der Waals surface area contributed by atoms with Gasteiger partial charge in [0.15, 0.2) is 0 Å². The second-order valence-corrected chi connectivity index (χ2v) is 4.17. The zero-order valence-corrected chi connectivity index (χ0v) is 9.06. The summed E-state index contributed by atoms with van der Waals surface area (Å²) in [6.07, 6.45) is 0. The Bertz CT molecular complexity index is 153. The van der Waals surface area contributed by atoms with Crippen LogP contribution in [0, 0.1) is 17.3 Å². The molecule has 0 radical (unpaired) electrons. The number of hydrogen-bond acceptors (Lipinski definition) is 1. The molecule has 0 fully saturated rings. The van der Waals surface area contributed by atoms with Crippen LogP contribution in [-0.2, 0) is 4.79 Å². The first kappa shape index (κ1) is 11.5.